The quantitative estimate of drug-likeness (QED) is 0.791. The maximum absolute atomic E-state index is 13.8. The zero-order valence-electron chi connectivity index (χ0n) is 13.6. The summed E-state index contributed by atoms with van der Waals surface area (Å²) in [6, 6.07) is 2.19. The van der Waals surface area contributed by atoms with Gasteiger partial charge in [0.1, 0.15) is 11.6 Å². The highest BCUT2D eigenvalue weighted by molar-refractivity contribution is 7.91. The molecule has 1 N–H and O–H groups in total. The van der Waals surface area contributed by atoms with Crippen LogP contribution in [0.2, 0.25) is 0 Å². The minimum atomic E-state index is -3.27. The first-order valence-electron chi connectivity index (χ1n) is 8.09. The molecule has 1 aromatic rings. The third-order valence-electron chi connectivity index (χ3n) is 4.86. The van der Waals surface area contributed by atoms with Crippen molar-refractivity contribution in [1.82, 2.24) is 9.80 Å². The van der Waals surface area contributed by atoms with E-state index >= 15 is 0 Å². The lowest BCUT2D eigenvalue weighted by molar-refractivity contribution is -0.136. The van der Waals surface area contributed by atoms with Crippen LogP contribution in [0.4, 0.5) is 8.78 Å². The summed E-state index contributed by atoms with van der Waals surface area (Å²) in [5.41, 5.74) is 0.0848. The fraction of sp³-hybridized carbons (Fsp3) is 0.562. The molecule has 3 rings (SSSR count). The van der Waals surface area contributed by atoms with Gasteiger partial charge in [0.15, 0.2) is 9.84 Å². The van der Waals surface area contributed by atoms with Gasteiger partial charge in [-0.1, -0.05) is 6.07 Å². The molecule has 0 radical (unpaired) electrons. The SMILES string of the molecule is O=C(Cc1ccc(F)cc1F)N1CCN(CCO)[C@H]2CS(=O)(=O)C[C@H]21. The summed E-state index contributed by atoms with van der Waals surface area (Å²) in [5.74, 6) is -2.05. The van der Waals surface area contributed by atoms with E-state index in [1.54, 1.807) is 0 Å². The summed E-state index contributed by atoms with van der Waals surface area (Å²) in [7, 11) is -3.27. The number of carbonyl (C=O) groups excluding carboxylic acids is 1. The summed E-state index contributed by atoms with van der Waals surface area (Å²) in [6.45, 7) is 1.04. The Morgan fingerprint density at radius 2 is 1.92 bits per heavy atom. The van der Waals surface area contributed by atoms with Gasteiger partial charge in [-0.25, -0.2) is 17.2 Å². The number of aliphatic hydroxyl groups excluding tert-OH is 1. The highest BCUT2D eigenvalue weighted by Gasteiger charge is 2.47. The predicted octanol–water partition coefficient (Wildman–Crippen LogP) is -0.191. The molecule has 2 atom stereocenters. The smallest absolute Gasteiger partial charge is 0.227 e. The number of piperazine rings is 1. The summed E-state index contributed by atoms with van der Waals surface area (Å²) in [6.07, 6.45) is -0.241. The fourth-order valence-electron chi connectivity index (χ4n) is 3.67. The molecule has 0 spiro atoms. The van der Waals surface area contributed by atoms with Gasteiger partial charge in [0.2, 0.25) is 5.91 Å². The largest absolute Gasteiger partial charge is 0.395 e. The maximum atomic E-state index is 13.8. The molecule has 0 aliphatic carbocycles. The van der Waals surface area contributed by atoms with Crippen molar-refractivity contribution in [3.05, 3.63) is 35.4 Å². The monoisotopic (exact) mass is 374 g/mol. The van der Waals surface area contributed by atoms with Gasteiger partial charge < -0.3 is 10.0 Å². The molecule has 138 valence electrons. The maximum Gasteiger partial charge on any atom is 0.227 e. The van der Waals surface area contributed by atoms with Crippen molar-refractivity contribution in [2.75, 3.05) is 37.7 Å². The van der Waals surface area contributed by atoms with Gasteiger partial charge in [-0.05, 0) is 11.6 Å². The number of hydrogen-bond acceptors (Lipinski definition) is 5. The normalized spacial score (nSPS) is 25.8. The van der Waals surface area contributed by atoms with Crippen molar-refractivity contribution < 1.29 is 27.1 Å². The van der Waals surface area contributed by atoms with Crippen LogP contribution in [0.1, 0.15) is 5.56 Å². The number of rotatable bonds is 4. The molecule has 6 nitrogen and oxygen atoms in total. The lowest BCUT2D eigenvalue weighted by atomic mass is 10.0. The lowest BCUT2D eigenvalue weighted by Gasteiger charge is -2.43. The van der Waals surface area contributed by atoms with Crippen LogP contribution < -0.4 is 0 Å². The summed E-state index contributed by atoms with van der Waals surface area (Å²) < 4.78 is 50.8. The predicted molar refractivity (Wildman–Crippen MR) is 86.7 cm³/mol. The van der Waals surface area contributed by atoms with Crippen molar-refractivity contribution in [3.8, 4) is 0 Å². The second-order valence-corrected chi connectivity index (χ2v) is 8.62. The number of benzene rings is 1. The van der Waals surface area contributed by atoms with E-state index in [4.69, 9.17) is 5.11 Å². The molecule has 2 aliphatic rings. The van der Waals surface area contributed by atoms with Gasteiger partial charge in [0, 0.05) is 31.7 Å². The number of halogens is 2. The number of fused-ring (bicyclic) bond motifs is 1. The van der Waals surface area contributed by atoms with Crippen molar-refractivity contribution in [2.24, 2.45) is 0 Å². The first-order chi connectivity index (χ1) is 11.8. The number of β-amino-alcohol motifs (C(OH)–C–C–N with tert-alkyl or cyclic N) is 1. The Hall–Kier alpha value is -1.58. The van der Waals surface area contributed by atoms with Gasteiger partial charge in [-0.3, -0.25) is 9.69 Å². The minimum Gasteiger partial charge on any atom is -0.395 e. The molecule has 2 aliphatic heterocycles. The molecule has 2 fully saturated rings. The van der Waals surface area contributed by atoms with Crippen LogP contribution in [0.15, 0.2) is 18.2 Å². The first-order valence-corrected chi connectivity index (χ1v) is 9.91. The number of hydrogen-bond donors (Lipinski definition) is 1. The Balaban J connectivity index is 1.78. The van der Waals surface area contributed by atoms with Crippen LogP contribution in [0.25, 0.3) is 0 Å². The number of amides is 1. The topological polar surface area (TPSA) is 77.9 Å². The molecule has 2 saturated heterocycles. The van der Waals surface area contributed by atoms with Crippen LogP contribution in [0.3, 0.4) is 0 Å². The van der Waals surface area contributed by atoms with E-state index in [0.29, 0.717) is 19.6 Å². The van der Waals surface area contributed by atoms with E-state index in [2.05, 4.69) is 0 Å². The third-order valence-corrected chi connectivity index (χ3v) is 6.55. The average molecular weight is 374 g/mol. The average Bonchev–Trinajstić information content (AvgIpc) is 2.86. The molecule has 0 aromatic heterocycles. The lowest BCUT2D eigenvalue weighted by Crippen LogP contribution is -2.61. The zero-order chi connectivity index (χ0) is 18.2. The van der Waals surface area contributed by atoms with Crippen molar-refractivity contribution in [2.45, 2.75) is 18.5 Å². The molecule has 0 saturated carbocycles. The molecule has 25 heavy (non-hydrogen) atoms. The van der Waals surface area contributed by atoms with E-state index < -0.39 is 27.5 Å². The minimum absolute atomic E-state index is 0.0492. The number of aliphatic hydroxyl groups is 1. The Morgan fingerprint density at radius 3 is 2.60 bits per heavy atom. The Morgan fingerprint density at radius 1 is 1.20 bits per heavy atom. The van der Waals surface area contributed by atoms with Crippen LogP contribution in [-0.2, 0) is 21.1 Å². The molecule has 1 aromatic carbocycles. The van der Waals surface area contributed by atoms with Gasteiger partial charge >= 0.3 is 0 Å². The van der Waals surface area contributed by atoms with Crippen LogP contribution in [0, 0.1) is 11.6 Å². The second kappa shape index (κ2) is 6.97. The van der Waals surface area contributed by atoms with E-state index in [1.807, 2.05) is 4.90 Å². The molecule has 9 heteroatoms. The summed E-state index contributed by atoms with van der Waals surface area (Å²) in [4.78, 5) is 16.0. The standard InChI is InChI=1S/C16H20F2N2O4S/c17-12-2-1-11(13(18)8-12)7-16(22)20-4-3-19(5-6-21)14-9-25(23,24)10-15(14)20/h1-2,8,14-15,21H,3-7,9-10H2/t14-,15+/m0/s1. The molecular weight excluding hydrogens is 354 g/mol. The molecule has 0 unspecified atom stereocenters. The number of carbonyl (C=O) groups is 1. The molecular formula is C16H20F2N2O4S. The van der Waals surface area contributed by atoms with Gasteiger partial charge in [-0.15, -0.1) is 0 Å². The Labute approximate surface area is 145 Å². The van der Waals surface area contributed by atoms with E-state index in [1.165, 1.54) is 11.0 Å². The van der Waals surface area contributed by atoms with Crippen LogP contribution in [-0.4, -0.2) is 79.1 Å². The summed E-state index contributed by atoms with van der Waals surface area (Å²) in [5, 5.41) is 9.15. The van der Waals surface area contributed by atoms with Crippen molar-refractivity contribution in [1.29, 1.82) is 0 Å². The first kappa shape index (κ1) is 18.2. The van der Waals surface area contributed by atoms with Gasteiger partial charge in [0.05, 0.1) is 30.6 Å². The highest BCUT2D eigenvalue weighted by Crippen LogP contribution is 2.27. The Kier molecular flexibility index (Phi) is 5.08. The molecule has 2 heterocycles. The Bertz CT molecular complexity index is 771. The van der Waals surface area contributed by atoms with Crippen LogP contribution >= 0.6 is 0 Å². The summed E-state index contributed by atoms with van der Waals surface area (Å²) >= 11 is 0. The fourth-order valence-corrected chi connectivity index (χ4v) is 5.68. The van der Waals surface area contributed by atoms with Gasteiger partial charge in [-0.2, -0.15) is 0 Å². The van der Waals surface area contributed by atoms with Crippen molar-refractivity contribution >= 4 is 15.7 Å². The van der Waals surface area contributed by atoms with Gasteiger partial charge in [0.25, 0.3) is 0 Å². The van der Waals surface area contributed by atoms with E-state index in [-0.39, 0.29) is 42.0 Å². The molecule has 0 bridgehead atoms. The number of nitrogens with zero attached hydrogens (tertiary/aromatic N) is 2. The van der Waals surface area contributed by atoms with Crippen molar-refractivity contribution in [3.63, 3.8) is 0 Å². The second-order valence-electron chi connectivity index (χ2n) is 6.47. The number of sulfone groups is 1. The zero-order valence-corrected chi connectivity index (χ0v) is 14.4. The van der Waals surface area contributed by atoms with E-state index in [9.17, 15) is 22.0 Å². The highest BCUT2D eigenvalue weighted by atomic mass is 32.2. The third kappa shape index (κ3) is 3.83. The molecule has 1 amide bonds. The van der Waals surface area contributed by atoms with Crippen LogP contribution in [0.5, 0.6) is 0 Å². The van der Waals surface area contributed by atoms with E-state index in [0.717, 1.165) is 12.1 Å².